The number of halogens is 1. The zero-order valence-electron chi connectivity index (χ0n) is 13.5. The van der Waals surface area contributed by atoms with Gasteiger partial charge in [-0.1, -0.05) is 30.3 Å². The van der Waals surface area contributed by atoms with E-state index in [2.05, 4.69) is 10.6 Å². The predicted octanol–water partition coefficient (Wildman–Crippen LogP) is 2.72. The fourth-order valence-electron chi connectivity index (χ4n) is 2.23. The molecule has 0 bridgehead atoms. The number of benzene rings is 2. The number of hydrogen-bond acceptors (Lipinski definition) is 3. The van der Waals surface area contributed by atoms with Gasteiger partial charge >= 0.3 is 6.03 Å². The molecule has 0 spiro atoms. The van der Waals surface area contributed by atoms with Crippen molar-refractivity contribution >= 4 is 6.03 Å². The standard InChI is InChI=1S/C18H21FN2O3/c1-2-24-17-8-7-13(9-16(17)19)10-20-18(23)21-11-14-5-3-4-6-15(14)12-22/h3-9,22H,2,10-12H2,1H3,(H2,20,21,23). The van der Waals surface area contributed by atoms with Gasteiger partial charge in [-0.2, -0.15) is 0 Å². The molecule has 0 saturated heterocycles. The first-order valence-corrected chi connectivity index (χ1v) is 7.74. The summed E-state index contributed by atoms with van der Waals surface area (Å²) in [5.74, 6) is -0.250. The van der Waals surface area contributed by atoms with Crippen molar-refractivity contribution in [3.8, 4) is 5.75 Å². The van der Waals surface area contributed by atoms with Gasteiger partial charge in [0.2, 0.25) is 0 Å². The topological polar surface area (TPSA) is 70.6 Å². The van der Waals surface area contributed by atoms with Crippen molar-refractivity contribution in [3.05, 3.63) is 65.0 Å². The minimum Gasteiger partial charge on any atom is -0.491 e. The van der Waals surface area contributed by atoms with Gasteiger partial charge in [0.25, 0.3) is 0 Å². The SMILES string of the molecule is CCOc1ccc(CNC(=O)NCc2ccccc2CO)cc1F. The Morgan fingerprint density at radius 1 is 1.12 bits per heavy atom. The van der Waals surface area contributed by atoms with Gasteiger partial charge in [-0.3, -0.25) is 0 Å². The van der Waals surface area contributed by atoms with Crippen molar-refractivity contribution in [2.45, 2.75) is 26.6 Å². The summed E-state index contributed by atoms with van der Waals surface area (Å²) in [7, 11) is 0. The number of rotatable bonds is 7. The molecule has 0 aliphatic rings. The Morgan fingerprint density at radius 3 is 2.50 bits per heavy atom. The van der Waals surface area contributed by atoms with Crippen molar-refractivity contribution in [2.24, 2.45) is 0 Å². The molecule has 0 fully saturated rings. The van der Waals surface area contributed by atoms with E-state index in [1.165, 1.54) is 6.07 Å². The Labute approximate surface area is 140 Å². The summed E-state index contributed by atoms with van der Waals surface area (Å²) < 4.78 is 18.9. The number of carbonyl (C=O) groups is 1. The van der Waals surface area contributed by atoms with Crippen molar-refractivity contribution in [1.29, 1.82) is 0 Å². The molecule has 24 heavy (non-hydrogen) atoms. The fraction of sp³-hybridized carbons (Fsp3) is 0.278. The summed E-state index contributed by atoms with van der Waals surface area (Å²) in [6, 6.07) is 11.5. The minimum absolute atomic E-state index is 0.0784. The van der Waals surface area contributed by atoms with Crippen LogP contribution >= 0.6 is 0 Å². The maximum absolute atomic E-state index is 13.7. The molecule has 0 saturated carbocycles. The van der Waals surface area contributed by atoms with Gasteiger partial charge in [0.05, 0.1) is 13.2 Å². The maximum Gasteiger partial charge on any atom is 0.315 e. The Hall–Kier alpha value is -2.60. The molecule has 0 heterocycles. The molecule has 0 aliphatic carbocycles. The molecule has 0 aromatic heterocycles. The molecule has 2 amide bonds. The number of carbonyl (C=O) groups excluding carboxylic acids is 1. The van der Waals surface area contributed by atoms with Crippen molar-refractivity contribution < 1.29 is 19.0 Å². The zero-order chi connectivity index (χ0) is 17.4. The zero-order valence-corrected chi connectivity index (χ0v) is 13.5. The quantitative estimate of drug-likeness (QED) is 0.730. The molecule has 2 aromatic rings. The molecule has 0 radical (unpaired) electrons. The number of amides is 2. The largest absolute Gasteiger partial charge is 0.491 e. The number of aliphatic hydroxyl groups excluding tert-OH is 1. The summed E-state index contributed by atoms with van der Waals surface area (Å²) in [5.41, 5.74) is 2.26. The van der Waals surface area contributed by atoms with Gasteiger partial charge in [-0.15, -0.1) is 0 Å². The van der Waals surface area contributed by atoms with E-state index >= 15 is 0 Å². The van der Waals surface area contributed by atoms with Crippen molar-refractivity contribution in [3.63, 3.8) is 0 Å². The molecule has 3 N–H and O–H groups in total. The third kappa shape index (κ3) is 4.96. The molecule has 0 atom stereocenters. The third-order valence-electron chi connectivity index (χ3n) is 3.48. The first kappa shape index (κ1) is 17.7. The van der Waals surface area contributed by atoms with Crippen LogP contribution in [-0.2, 0) is 19.7 Å². The van der Waals surface area contributed by atoms with E-state index in [9.17, 15) is 14.3 Å². The fourth-order valence-corrected chi connectivity index (χ4v) is 2.23. The average molecular weight is 332 g/mol. The van der Waals surface area contributed by atoms with Crippen LogP contribution < -0.4 is 15.4 Å². The highest BCUT2D eigenvalue weighted by Crippen LogP contribution is 2.18. The lowest BCUT2D eigenvalue weighted by Gasteiger charge is -2.11. The summed E-state index contributed by atoms with van der Waals surface area (Å²) in [6.07, 6.45) is 0. The lowest BCUT2D eigenvalue weighted by Crippen LogP contribution is -2.34. The Balaban J connectivity index is 1.84. The summed E-state index contributed by atoms with van der Waals surface area (Å²) in [6.45, 7) is 2.61. The van der Waals surface area contributed by atoms with Gasteiger partial charge < -0.3 is 20.5 Å². The lowest BCUT2D eigenvalue weighted by molar-refractivity contribution is 0.239. The molecule has 0 unspecified atom stereocenters. The van der Waals surface area contributed by atoms with Gasteiger partial charge in [0.15, 0.2) is 11.6 Å². The van der Waals surface area contributed by atoms with Gasteiger partial charge in [-0.25, -0.2) is 9.18 Å². The van der Waals surface area contributed by atoms with Gasteiger partial charge in [-0.05, 0) is 35.7 Å². The second kappa shape index (κ2) is 8.88. The first-order chi connectivity index (χ1) is 11.6. The van der Waals surface area contributed by atoms with E-state index in [4.69, 9.17) is 4.74 Å². The van der Waals surface area contributed by atoms with Crippen LogP contribution in [0, 0.1) is 5.82 Å². The predicted molar refractivity (Wildman–Crippen MR) is 89.0 cm³/mol. The normalized spacial score (nSPS) is 10.3. The smallest absolute Gasteiger partial charge is 0.315 e. The molecular weight excluding hydrogens is 311 g/mol. The van der Waals surface area contributed by atoms with E-state index in [0.717, 1.165) is 11.1 Å². The van der Waals surface area contributed by atoms with E-state index in [1.807, 2.05) is 18.2 Å². The van der Waals surface area contributed by atoms with Crippen molar-refractivity contribution in [2.75, 3.05) is 6.61 Å². The number of aliphatic hydroxyl groups is 1. The highest BCUT2D eigenvalue weighted by atomic mass is 19.1. The Bertz CT molecular complexity index is 692. The van der Waals surface area contributed by atoms with Crippen LogP contribution in [-0.4, -0.2) is 17.7 Å². The monoisotopic (exact) mass is 332 g/mol. The molecule has 6 heteroatoms. The van der Waals surface area contributed by atoms with Gasteiger partial charge in [0.1, 0.15) is 0 Å². The molecule has 0 aliphatic heterocycles. The van der Waals surface area contributed by atoms with E-state index in [1.54, 1.807) is 25.1 Å². The summed E-state index contributed by atoms with van der Waals surface area (Å²) in [5, 5.41) is 14.6. The molecule has 2 rings (SSSR count). The molecule has 128 valence electrons. The number of nitrogens with one attached hydrogen (secondary N) is 2. The van der Waals surface area contributed by atoms with Crippen molar-refractivity contribution in [1.82, 2.24) is 10.6 Å². The molecule has 5 nitrogen and oxygen atoms in total. The highest BCUT2D eigenvalue weighted by Gasteiger charge is 2.07. The third-order valence-corrected chi connectivity index (χ3v) is 3.48. The summed E-state index contributed by atoms with van der Waals surface area (Å²) in [4.78, 5) is 11.8. The number of hydrogen-bond donors (Lipinski definition) is 3. The highest BCUT2D eigenvalue weighted by molar-refractivity contribution is 5.73. The average Bonchev–Trinajstić information content (AvgIpc) is 2.60. The number of ether oxygens (including phenoxy) is 1. The minimum atomic E-state index is -0.451. The Kier molecular flexibility index (Phi) is 6.57. The van der Waals surface area contributed by atoms with Crippen LogP contribution in [0.25, 0.3) is 0 Å². The van der Waals surface area contributed by atoms with Crippen LogP contribution in [0.4, 0.5) is 9.18 Å². The van der Waals surface area contributed by atoms with Crippen LogP contribution in [0.2, 0.25) is 0 Å². The van der Waals surface area contributed by atoms with Crippen LogP contribution in [0.1, 0.15) is 23.6 Å². The second-order valence-electron chi connectivity index (χ2n) is 5.16. The van der Waals surface area contributed by atoms with Crippen LogP contribution in [0.15, 0.2) is 42.5 Å². The molecular formula is C18H21FN2O3. The maximum atomic E-state index is 13.7. The van der Waals surface area contributed by atoms with Gasteiger partial charge in [0, 0.05) is 13.1 Å². The molecule has 2 aromatic carbocycles. The second-order valence-corrected chi connectivity index (χ2v) is 5.16. The van der Waals surface area contributed by atoms with E-state index in [0.29, 0.717) is 18.7 Å². The Morgan fingerprint density at radius 2 is 1.83 bits per heavy atom. The van der Waals surface area contributed by atoms with E-state index in [-0.39, 0.29) is 24.9 Å². The first-order valence-electron chi connectivity index (χ1n) is 7.74. The van der Waals surface area contributed by atoms with E-state index < -0.39 is 5.82 Å². The van der Waals surface area contributed by atoms with Crippen LogP contribution in [0.3, 0.4) is 0 Å². The summed E-state index contributed by atoms with van der Waals surface area (Å²) >= 11 is 0. The number of urea groups is 1. The lowest BCUT2D eigenvalue weighted by atomic mass is 10.1. The van der Waals surface area contributed by atoms with Crippen LogP contribution in [0.5, 0.6) is 5.75 Å².